The first kappa shape index (κ1) is 11.5. The van der Waals surface area contributed by atoms with E-state index in [1.165, 1.54) is 26.9 Å². The Kier molecular flexibility index (Phi) is 2.71. The van der Waals surface area contributed by atoms with Gasteiger partial charge in [0, 0.05) is 36.6 Å². The highest BCUT2D eigenvalue weighted by atomic mass is 32.2. The van der Waals surface area contributed by atoms with Crippen LogP contribution in [0.4, 0.5) is 17.1 Å². The molecule has 0 saturated carbocycles. The van der Waals surface area contributed by atoms with Gasteiger partial charge in [0.25, 0.3) is 0 Å². The highest BCUT2D eigenvalue weighted by Crippen LogP contribution is 2.48. The Balaban J connectivity index is 2.10. The predicted molar refractivity (Wildman–Crippen MR) is 79.4 cm³/mol. The Labute approximate surface area is 112 Å². The SMILES string of the molecule is CN(C)c1ccc2c(c1)Sc1ccccc1N2C. The van der Waals surface area contributed by atoms with Crippen LogP contribution in [-0.2, 0) is 0 Å². The zero-order valence-electron chi connectivity index (χ0n) is 10.8. The van der Waals surface area contributed by atoms with E-state index in [0.717, 1.165) is 0 Å². The van der Waals surface area contributed by atoms with Gasteiger partial charge in [-0.25, -0.2) is 0 Å². The van der Waals surface area contributed by atoms with Crippen LogP contribution in [0.5, 0.6) is 0 Å². The van der Waals surface area contributed by atoms with Gasteiger partial charge >= 0.3 is 0 Å². The molecule has 1 aliphatic heterocycles. The van der Waals surface area contributed by atoms with Crippen molar-refractivity contribution in [1.29, 1.82) is 0 Å². The van der Waals surface area contributed by atoms with Crippen molar-refractivity contribution >= 4 is 28.8 Å². The average molecular weight is 256 g/mol. The van der Waals surface area contributed by atoms with Crippen molar-refractivity contribution in [3.63, 3.8) is 0 Å². The third-order valence-electron chi connectivity index (χ3n) is 3.27. The lowest BCUT2D eigenvalue weighted by atomic mass is 10.2. The summed E-state index contributed by atoms with van der Waals surface area (Å²) >= 11 is 1.85. The molecule has 1 heterocycles. The highest BCUT2D eigenvalue weighted by Gasteiger charge is 2.20. The van der Waals surface area contributed by atoms with E-state index in [-0.39, 0.29) is 0 Å². The molecule has 2 nitrogen and oxygen atoms in total. The van der Waals surface area contributed by atoms with Gasteiger partial charge in [0.1, 0.15) is 0 Å². The summed E-state index contributed by atoms with van der Waals surface area (Å²) in [6.07, 6.45) is 0. The minimum absolute atomic E-state index is 1.24. The Morgan fingerprint density at radius 1 is 0.944 bits per heavy atom. The number of benzene rings is 2. The minimum atomic E-state index is 1.24. The smallest absolute Gasteiger partial charge is 0.0551 e. The van der Waals surface area contributed by atoms with E-state index >= 15 is 0 Å². The number of rotatable bonds is 1. The number of fused-ring (bicyclic) bond motifs is 2. The lowest BCUT2D eigenvalue weighted by Crippen LogP contribution is -2.15. The Morgan fingerprint density at radius 3 is 2.44 bits per heavy atom. The van der Waals surface area contributed by atoms with E-state index in [0.29, 0.717) is 0 Å². The fourth-order valence-electron chi connectivity index (χ4n) is 2.21. The summed E-state index contributed by atoms with van der Waals surface area (Å²) in [5, 5.41) is 0. The first-order chi connectivity index (χ1) is 8.66. The molecule has 0 atom stereocenters. The molecule has 1 aliphatic rings. The summed E-state index contributed by atoms with van der Waals surface area (Å²) in [6.45, 7) is 0. The molecule has 0 aliphatic carbocycles. The summed E-state index contributed by atoms with van der Waals surface area (Å²) in [6, 6.07) is 15.2. The van der Waals surface area contributed by atoms with E-state index in [2.05, 4.69) is 73.4 Å². The Bertz CT molecular complexity index is 593. The summed E-state index contributed by atoms with van der Waals surface area (Å²) in [5.74, 6) is 0. The van der Waals surface area contributed by atoms with E-state index in [9.17, 15) is 0 Å². The molecule has 18 heavy (non-hydrogen) atoms. The molecule has 2 aromatic rings. The molecule has 0 amide bonds. The lowest BCUT2D eigenvalue weighted by molar-refractivity contribution is 1.08. The first-order valence-electron chi connectivity index (χ1n) is 5.99. The van der Waals surface area contributed by atoms with Crippen molar-refractivity contribution < 1.29 is 0 Å². The van der Waals surface area contributed by atoms with Gasteiger partial charge in [0.2, 0.25) is 0 Å². The maximum absolute atomic E-state index is 2.26. The maximum atomic E-state index is 2.26. The van der Waals surface area contributed by atoms with Crippen molar-refractivity contribution in [3.8, 4) is 0 Å². The highest BCUT2D eigenvalue weighted by molar-refractivity contribution is 7.99. The molecule has 0 aromatic heterocycles. The maximum Gasteiger partial charge on any atom is 0.0551 e. The van der Waals surface area contributed by atoms with Crippen molar-refractivity contribution in [2.45, 2.75) is 9.79 Å². The number of hydrogen-bond donors (Lipinski definition) is 0. The molecular formula is C15H16N2S. The second-order valence-corrected chi connectivity index (χ2v) is 5.76. The molecule has 0 saturated heterocycles. The van der Waals surface area contributed by atoms with Crippen LogP contribution in [0.1, 0.15) is 0 Å². The molecule has 0 bridgehead atoms. The summed E-state index contributed by atoms with van der Waals surface area (Å²) in [5.41, 5.74) is 3.81. The molecule has 0 radical (unpaired) electrons. The average Bonchev–Trinajstić information content (AvgIpc) is 2.38. The second-order valence-electron chi connectivity index (χ2n) is 4.68. The van der Waals surface area contributed by atoms with Gasteiger partial charge in [0.15, 0.2) is 0 Å². The van der Waals surface area contributed by atoms with Crippen molar-refractivity contribution in [1.82, 2.24) is 0 Å². The standard InChI is InChI=1S/C15H16N2S/c1-16(2)11-8-9-13-15(10-11)18-14-7-5-4-6-12(14)17(13)3/h4-10H,1-3H3. The van der Waals surface area contributed by atoms with Crippen LogP contribution in [0.25, 0.3) is 0 Å². The number of hydrogen-bond acceptors (Lipinski definition) is 3. The van der Waals surface area contributed by atoms with E-state index in [4.69, 9.17) is 0 Å². The lowest BCUT2D eigenvalue weighted by Gasteiger charge is -2.30. The summed E-state index contributed by atoms with van der Waals surface area (Å²) in [7, 11) is 6.28. The van der Waals surface area contributed by atoms with Crippen LogP contribution in [0.15, 0.2) is 52.3 Å². The van der Waals surface area contributed by atoms with Gasteiger partial charge in [-0.2, -0.15) is 0 Å². The first-order valence-corrected chi connectivity index (χ1v) is 6.80. The molecule has 0 unspecified atom stereocenters. The van der Waals surface area contributed by atoms with E-state index in [1.54, 1.807) is 0 Å². The molecule has 0 N–H and O–H groups in total. The monoisotopic (exact) mass is 256 g/mol. The molecular weight excluding hydrogens is 240 g/mol. The molecule has 2 aromatic carbocycles. The van der Waals surface area contributed by atoms with Crippen LogP contribution in [0, 0.1) is 0 Å². The Morgan fingerprint density at radius 2 is 1.67 bits per heavy atom. The predicted octanol–water partition coefficient (Wildman–Crippen LogP) is 3.99. The largest absolute Gasteiger partial charge is 0.378 e. The van der Waals surface area contributed by atoms with Crippen molar-refractivity contribution in [3.05, 3.63) is 42.5 Å². The minimum Gasteiger partial charge on any atom is -0.378 e. The van der Waals surface area contributed by atoms with Gasteiger partial charge in [-0.15, -0.1) is 0 Å². The van der Waals surface area contributed by atoms with Gasteiger partial charge in [0.05, 0.1) is 11.4 Å². The van der Waals surface area contributed by atoms with Gasteiger partial charge in [-0.1, -0.05) is 23.9 Å². The third kappa shape index (κ3) is 1.75. The quantitative estimate of drug-likeness (QED) is 0.762. The Hall–Kier alpha value is -1.61. The number of nitrogens with zero attached hydrogens (tertiary/aromatic N) is 2. The van der Waals surface area contributed by atoms with Gasteiger partial charge in [-0.3, -0.25) is 0 Å². The van der Waals surface area contributed by atoms with E-state index in [1.807, 2.05) is 11.8 Å². The van der Waals surface area contributed by atoms with Crippen LogP contribution in [0.2, 0.25) is 0 Å². The number of anilines is 3. The molecule has 0 spiro atoms. The normalized spacial score (nSPS) is 12.9. The number of para-hydroxylation sites is 1. The fraction of sp³-hybridized carbons (Fsp3) is 0.200. The second kappa shape index (κ2) is 4.25. The van der Waals surface area contributed by atoms with Crippen LogP contribution < -0.4 is 9.80 Å². The van der Waals surface area contributed by atoms with Gasteiger partial charge < -0.3 is 9.80 Å². The van der Waals surface area contributed by atoms with Crippen LogP contribution in [0.3, 0.4) is 0 Å². The molecule has 92 valence electrons. The van der Waals surface area contributed by atoms with Gasteiger partial charge in [-0.05, 0) is 30.3 Å². The zero-order chi connectivity index (χ0) is 12.7. The molecule has 3 heteroatoms. The zero-order valence-corrected chi connectivity index (χ0v) is 11.7. The van der Waals surface area contributed by atoms with E-state index < -0.39 is 0 Å². The van der Waals surface area contributed by atoms with Crippen molar-refractivity contribution in [2.24, 2.45) is 0 Å². The fourth-order valence-corrected chi connectivity index (χ4v) is 3.39. The van der Waals surface area contributed by atoms with Crippen LogP contribution in [-0.4, -0.2) is 21.1 Å². The topological polar surface area (TPSA) is 6.48 Å². The van der Waals surface area contributed by atoms with Crippen LogP contribution >= 0.6 is 11.8 Å². The van der Waals surface area contributed by atoms with Crippen molar-refractivity contribution in [2.75, 3.05) is 30.9 Å². The molecule has 0 fully saturated rings. The third-order valence-corrected chi connectivity index (χ3v) is 4.38. The summed E-state index contributed by atoms with van der Waals surface area (Å²) in [4.78, 5) is 7.05. The summed E-state index contributed by atoms with van der Waals surface area (Å²) < 4.78 is 0. The molecule has 3 rings (SSSR count).